The number of nitrogens with one attached hydrogen (secondary N) is 3. The lowest BCUT2D eigenvalue weighted by Crippen LogP contribution is -2.11. The van der Waals surface area contributed by atoms with Crippen molar-refractivity contribution >= 4 is 17.1 Å². The summed E-state index contributed by atoms with van der Waals surface area (Å²) < 4.78 is 0. The lowest BCUT2D eigenvalue weighted by molar-refractivity contribution is 0.477. The number of hydrogen-bond acceptors (Lipinski definition) is 4. The van der Waals surface area contributed by atoms with E-state index in [1.807, 2.05) is 6.07 Å². The average Bonchev–Trinajstić information content (AvgIpc) is 2.52. The highest BCUT2D eigenvalue weighted by Crippen LogP contribution is 2.38. The average molecular weight is 307 g/mol. The van der Waals surface area contributed by atoms with Crippen molar-refractivity contribution < 1.29 is 5.11 Å². The second-order valence-electron chi connectivity index (χ2n) is 5.72. The number of unbranched alkanes of at least 4 members (excludes halogenated alkanes) is 3. The van der Waals surface area contributed by atoms with Crippen molar-refractivity contribution in [1.82, 2.24) is 0 Å². The number of rotatable bonds is 12. The molecule has 1 rings (SSSR count). The van der Waals surface area contributed by atoms with Crippen LogP contribution >= 0.6 is 0 Å². The van der Waals surface area contributed by atoms with E-state index in [0.29, 0.717) is 5.75 Å². The van der Waals surface area contributed by atoms with Gasteiger partial charge in [-0.05, 0) is 31.4 Å². The van der Waals surface area contributed by atoms with E-state index in [-0.39, 0.29) is 0 Å². The lowest BCUT2D eigenvalue weighted by Gasteiger charge is -2.20. The Labute approximate surface area is 135 Å². The second kappa shape index (κ2) is 11.0. The maximum absolute atomic E-state index is 10.2. The Balaban J connectivity index is 2.89. The van der Waals surface area contributed by atoms with Gasteiger partial charge in [0.2, 0.25) is 0 Å². The summed E-state index contributed by atoms with van der Waals surface area (Å²) in [7, 11) is 0. The molecule has 1 aromatic rings. The van der Waals surface area contributed by atoms with Gasteiger partial charge < -0.3 is 21.1 Å². The molecule has 4 heteroatoms. The molecular formula is C18H33N3O. The first-order chi connectivity index (χ1) is 10.7. The zero-order chi connectivity index (χ0) is 16.2. The molecule has 0 aliphatic carbocycles. The Bertz CT molecular complexity index is 421. The van der Waals surface area contributed by atoms with Crippen molar-refractivity contribution in [3.63, 3.8) is 0 Å². The molecule has 0 aliphatic rings. The van der Waals surface area contributed by atoms with Gasteiger partial charge in [0.05, 0.1) is 11.4 Å². The molecule has 0 radical (unpaired) electrons. The summed E-state index contributed by atoms with van der Waals surface area (Å²) in [6.07, 6.45) is 6.84. The van der Waals surface area contributed by atoms with E-state index in [4.69, 9.17) is 0 Å². The summed E-state index contributed by atoms with van der Waals surface area (Å²) in [5.74, 6) is 0.316. The largest absolute Gasteiger partial charge is 0.506 e. The summed E-state index contributed by atoms with van der Waals surface area (Å²) in [4.78, 5) is 0. The molecule has 1 aromatic carbocycles. The van der Waals surface area contributed by atoms with Crippen LogP contribution in [0.2, 0.25) is 0 Å². The fourth-order valence-corrected chi connectivity index (χ4v) is 2.28. The Morgan fingerprint density at radius 1 is 0.727 bits per heavy atom. The minimum Gasteiger partial charge on any atom is -0.506 e. The van der Waals surface area contributed by atoms with Gasteiger partial charge in [0, 0.05) is 19.6 Å². The maximum atomic E-state index is 10.2. The van der Waals surface area contributed by atoms with Gasteiger partial charge in [0.15, 0.2) is 0 Å². The molecule has 126 valence electrons. The molecule has 0 aromatic heterocycles. The molecule has 0 saturated heterocycles. The molecule has 0 saturated carbocycles. The predicted octanol–water partition coefficient (Wildman–Crippen LogP) is 5.03. The van der Waals surface area contributed by atoms with Crippen molar-refractivity contribution in [2.24, 2.45) is 0 Å². The van der Waals surface area contributed by atoms with Crippen LogP contribution in [0.3, 0.4) is 0 Å². The van der Waals surface area contributed by atoms with Gasteiger partial charge in [0.25, 0.3) is 0 Å². The number of hydrogen-bond donors (Lipinski definition) is 4. The number of phenolic OH excluding ortho intramolecular Hbond substituents is 1. The minimum atomic E-state index is 0.316. The van der Waals surface area contributed by atoms with E-state index in [9.17, 15) is 5.11 Å². The van der Waals surface area contributed by atoms with E-state index in [0.717, 1.165) is 68.8 Å². The van der Waals surface area contributed by atoms with Gasteiger partial charge in [-0.2, -0.15) is 0 Å². The fraction of sp³-hybridized carbons (Fsp3) is 0.667. The molecule has 0 aliphatic heterocycles. The standard InChI is InChI=1S/C18H33N3O/c1-4-7-12-19-15-10-11-16(22)18(21-14-9-6-3)17(15)20-13-8-5-2/h10-11,19-22H,4-9,12-14H2,1-3H3. The smallest absolute Gasteiger partial charge is 0.140 e. The molecule has 4 nitrogen and oxygen atoms in total. The first-order valence-corrected chi connectivity index (χ1v) is 8.82. The van der Waals surface area contributed by atoms with Gasteiger partial charge in [-0.3, -0.25) is 0 Å². The lowest BCUT2D eigenvalue weighted by atomic mass is 10.1. The molecule has 0 bridgehead atoms. The van der Waals surface area contributed by atoms with E-state index in [1.54, 1.807) is 6.07 Å². The second-order valence-corrected chi connectivity index (χ2v) is 5.72. The van der Waals surface area contributed by atoms with Gasteiger partial charge in [-0.15, -0.1) is 0 Å². The zero-order valence-electron chi connectivity index (χ0n) is 14.5. The molecular weight excluding hydrogens is 274 g/mol. The van der Waals surface area contributed by atoms with Crippen LogP contribution in [0, 0.1) is 0 Å². The highest BCUT2D eigenvalue weighted by atomic mass is 16.3. The molecule has 0 amide bonds. The molecule has 0 spiro atoms. The van der Waals surface area contributed by atoms with Gasteiger partial charge in [0.1, 0.15) is 11.4 Å². The number of anilines is 3. The van der Waals surface area contributed by atoms with Crippen LogP contribution in [0.5, 0.6) is 5.75 Å². The monoisotopic (exact) mass is 307 g/mol. The van der Waals surface area contributed by atoms with Gasteiger partial charge in [-0.1, -0.05) is 40.0 Å². The van der Waals surface area contributed by atoms with Crippen LogP contribution in [0.15, 0.2) is 12.1 Å². The maximum Gasteiger partial charge on any atom is 0.140 e. The third-order valence-electron chi connectivity index (χ3n) is 3.69. The quantitative estimate of drug-likeness (QED) is 0.248. The highest BCUT2D eigenvalue weighted by Gasteiger charge is 2.12. The molecule has 4 N–H and O–H groups in total. The van der Waals surface area contributed by atoms with E-state index >= 15 is 0 Å². The van der Waals surface area contributed by atoms with Crippen LogP contribution in [0.4, 0.5) is 17.1 Å². The van der Waals surface area contributed by atoms with E-state index < -0.39 is 0 Å². The minimum absolute atomic E-state index is 0.316. The van der Waals surface area contributed by atoms with Crippen molar-refractivity contribution in [3.05, 3.63) is 12.1 Å². The Morgan fingerprint density at radius 2 is 1.23 bits per heavy atom. The number of benzene rings is 1. The van der Waals surface area contributed by atoms with Crippen molar-refractivity contribution in [3.8, 4) is 5.75 Å². The molecule has 0 heterocycles. The van der Waals surface area contributed by atoms with Crippen LogP contribution in [0.1, 0.15) is 59.3 Å². The third-order valence-corrected chi connectivity index (χ3v) is 3.69. The molecule has 22 heavy (non-hydrogen) atoms. The fourth-order valence-electron chi connectivity index (χ4n) is 2.28. The first-order valence-electron chi connectivity index (χ1n) is 8.82. The predicted molar refractivity (Wildman–Crippen MR) is 98.3 cm³/mol. The summed E-state index contributed by atoms with van der Waals surface area (Å²) >= 11 is 0. The van der Waals surface area contributed by atoms with Crippen LogP contribution < -0.4 is 16.0 Å². The van der Waals surface area contributed by atoms with Crippen LogP contribution in [-0.2, 0) is 0 Å². The Hall–Kier alpha value is -1.58. The van der Waals surface area contributed by atoms with Gasteiger partial charge in [-0.25, -0.2) is 0 Å². The Morgan fingerprint density at radius 3 is 1.77 bits per heavy atom. The van der Waals surface area contributed by atoms with Crippen LogP contribution in [-0.4, -0.2) is 24.7 Å². The number of aromatic hydroxyl groups is 1. The topological polar surface area (TPSA) is 56.3 Å². The van der Waals surface area contributed by atoms with E-state index in [1.165, 1.54) is 6.42 Å². The van der Waals surface area contributed by atoms with Crippen molar-refractivity contribution in [2.75, 3.05) is 35.6 Å². The van der Waals surface area contributed by atoms with Crippen LogP contribution in [0.25, 0.3) is 0 Å². The zero-order valence-corrected chi connectivity index (χ0v) is 14.5. The van der Waals surface area contributed by atoms with Crippen molar-refractivity contribution in [1.29, 1.82) is 0 Å². The normalized spacial score (nSPS) is 10.5. The number of phenols is 1. The first kappa shape index (κ1) is 18.5. The SMILES string of the molecule is CCCCNc1ccc(O)c(NCCCC)c1NCCCC. The molecule has 0 unspecified atom stereocenters. The summed E-state index contributed by atoms with van der Waals surface area (Å²) in [6.45, 7) is 9.31. The Kier molecular flexibility index (Phi) is 9.28. The third kappa shape index (κ3) is 6.04. The molecule has 0 fully saturated rings. The molecule has 0 atom stereocenters. The highest BCUT2D eigenvalue weighted by molar-refractivity contribution is 5.86. The van der Waals surface area contributed by atoms with E-state index in [2.05, 4.69) is 36.7 Å². The summed E-state index contributed by atoms with van der Waals surface area (Å²) in [5.41, 5.74) is 2.90. The van der Waals surface area contributed by atoms with Gasteiger partial charge >= 0.3 is 0 Å². The van der Waals surface area contributed by atoms with Crippen molar-refractivity contribution in [2.45, 2.75) is 59.3 Å². The summed E-state index contributed by atoms with van der Waals surface area (Å²) in [5, 5.41) is 20.6. The summed E-state index contributed by atoms with van der Waals surface area (Å²) in [6, 6.07) is 3.73.